The van der Waals surface area contributed by atoms with Crippen LogP contribution < -0.4 is 14.4 Å². The van der Waals surface area contributed by atoms with Crippen LogP contribution >= 0.6 is 0 Å². The second kappa shape index (κ2) is 7.53. The van der Waals surface area contributed by atoms with Crippen molar-refractivity contribution >= 4 is 16.6 Å². The summed E-state index contributed by atoms with van der Waals surface area (Å²) in [5.74, 6) is 0.437. The monoisotopic (exact) mass is 394 g/mol. The number of alkyl halides is 3. The normalized spacial score (nSPS) is 17.0. The minimum absolute atomic E-state index is 0.0302. The molecule has 0 unspecified atom stereocenters. The predicted octanol–water partition coefficient (Wildman–Crippen LogP) is 5.45. The van der Waals surface area contributed by atoms with Crippen LogP contribution in [0.2, 0.25) is 0 Å². The van der Waals surface area contributed by atoms with E-state index in [1.54, 1.807) is 32.1 Å². The lowest BCUT2D eigenvalue weighted by Crippen LogP contribution is -2.46. The van der Waals surface area contributed by atoms with E-state index >= 15 is 0 Å². The van der Waals surface area contributed by atoms with Gasteiger partial charge in [0.05, 0.1) is 34.3 Å². The van der Waals surface area contributed by atoms with Crippen LogP contribution in [-0.2, 0) is 6.18 Å². The highest BCUT2D eigenvalue weighted by Crippen LogP contribution is 2.46. The van der Waals surface area contributed by atoms with E-state index in [-0.39, 0.29) is 40.6 Å². The molecule has 28 heavy (non-hydrogen) atoms. The zero-order valence-electron chi connectivity index (χ0n) is 16.5. The molecular formula is C21H25F3N2O2. The molecule has 0 saturated carbocycles. The van der Waals surface area contributed by atoms with Crippen LogP contribution in [0.4, 0.5) is 18.9 Å². The van der Waals surface area contributed by atoms with E-state index in [1.165, 1.54) is 0 Å². The van der Waals surface area contributed by atoms with Crippen molar-refractivity contribution in [1.82, 2.24) is 4.98 Å². The molecule has 1 aromatic carbocycles. The molecule has 7 heteroatoms. The number of pyridine rings is 1. The summed E-state index contributed by atoms with van der Waals surface area (Å²) >= 11 is 0. The fraction of sp³-hybridized carbons (Fsp3) is 0.476. The van der Waals surface area contributed by atoms with Gasteiger partial charge in [-0.05, 0) is 31.9 Å². The second-order valence-corrected chi connectivity index (χ2v) is 7.54. The number of aromatic nitrogens is 1. The number of hydrogen-bond acceptors (Lipinski definition) is 4. The summed E-state index contributed by atoms with van der Waals surface area (Å²) in [6.07, 6.45) is -3.10. The standard InChI is InChI=1S/C21H25F3N2O2/c1-6-9-26-16-8-7-15-19(20(16)27-11-17(26)12(2)3)14(21(22,23)24)10-18(25-15)28-13(4)5/h6-8,10,12-13,17H,1,9,11H2,2-5H3/t17-/m0/s1. The summed E-state index contributed by atoms with van der Waals surface area (Å²) in [5.41, 5.74) is 0.0273. The summed E-state index contributed by atoms with van der Waals surface area (Å²) in [4.78, 5) is 6.33. The van der Waals surface area contributed by atoms with Crippen LogP contribution in [-0.4, -0.2) is 30.3 Å². The van der Waals surface area contributed by atoms with Crippen molar-refractivity contribution in [2.24, 2.45) is 5.92 Å². The van der Waals surface area contributed by atoms with Crippen molar-refractivity contribution in [3.63, 3.8) is 0 Å². The summed E-state index contributed by atoms with van der Waals surface area (Å²) in [6.45, 7) is 12.2. The number of hydrogen-bond donors (Lipinski definition) is 0. The lowest BCUT2D eigenvalue weighted by Gasteiger charge is -2.40. The molecule has 1 aromatic heterocycles. The molecule has 0 aliphatic carbocycles. The Labute approximate surface area is 163 Å². The van der Waals surface area contributed by atoms with E-state index in [4.69, 9.17) is 9.47 Å². The Morgan fingerprint density at radius 2 is 2.04 bits per heavy atom. The van der Waals surface area contributed by atoms with Crippen molar-refractivity contribution in [3.05, 3.63) is 36.4 Å². The maximum absolute atomic E-state index is 13.9. The van der Waals surface area contributed by atoms with Gasteiger partial charge in [0.2, 0.25) is 5.88 Å². The minimum Gasteiger partial charge on any atom is -0.489 e. The third-order valence-electron chi connectivity index (χ3n) is 4.75. The van der Waals surface area contributed by atoms with Crippen molar-refractivity contribution < 1.29 is 22.6 Å². The molecule has 2 aromatic rings. The van der Waals surface area contributed by atoms with Crippen LogP contribution in [0.15, 0.2) is 30.9 Å². The highest BCUT2D eigenvalue weighted by molar-refractivity contribution is 5.95. The van der Waals surface area contributed by atoms with Gasteiger partial charge in [0, 0.05) is 12.6 Å². The quantitative estimate of drug-likeness (QED) is 0.632. The number of fused-ring (bicyclic) bond motifs is 3. The third-order valence-corrected chi connectivity index (χ3v) is 4.75. The van der Waals surface area contributed by atoms with Crippen molar-refractivity contribution in [2.75, 3.05) is 18.1 Å². The molecule has 0 N–H and O–H groups in total. The Bertz CT molecular complexity index is 878. The van der Waals surface area contributed by atoms with Gasteiger partial charge in [-0.2, -0.15) is 13.2 Å². The first-order chi connectivity index (χ1) is 13.1. The number of ether oxygens (including phenoxy) is 2. The van der Waals surface area contributed by atoms with Crippen LogP contribution in [0.3, 0.4) is 0 Å². The number of rotatable bonds is 5. The van der Waals surface area contributed by atoms with Gasteiger partial charge in [-0.15, -0.1) is 6.58 Å². The first-order valence-corrected chi connectivity index (χ1v) is 9.35. The van der Waals surface area contributed by atoms with Crippen LogP contribution in [0, 0.1) is 5.92 Å². The SMILES string of the molecule is C=CCN1c2ccc3nc(OC(C)C)cc(C(F)(F)F)c3c2OC[C@H]1C(C)C. The molecule has 0 saturated heterocycles. The van der Waals surface area contributed by atoms with E-state index in [2.05, 4.69) is 30.3 Å². The molecule has 152 valence electrons. The largest absolute Gasteiger partial charge is 0.489 e. The number of benzene rings is 1. The lowest BCUT2D eigenvalue weighted by atomic mass is 9.98. The van der Waals surface area contributed by atoms with Crippen molar-refractivity contribution in [3.8, 4) is 11.6 Å². The number of nitrogens with zero attached hydrogens (tertiary/aromatic N) is 2. The summed E-state index contributed by atoms with van der Waals surface area (Å²) in [6, 6.07) is 4.37. The first kappa shape index (κ1) is 20.3. The van der Waals surface area contributed by atoms with Crippen LogP contribution in [0.25, 0.3) is 10.9 Å². The third kappa shape index (κ3) is 3.75. The molecule has 0 amide bonds. The molecule has 2 heterocycles. The molecule has 1 aliphatic heterocycles. The molecule has 0 radical (unpaired) electrons. The van der Waals surface area contributed by atoms with Gasteiger partial charge < -0.3 is 14.4 Å². The van der Waals surface area contributed by atoms with Crippen LogP contribution in [0.5, 0.6) is 11.6 Å². The van der Waals surface area contributed by atoms with Gasteiger partial charge in [0.1, 0.15) is 6.61 Å². The van der Waals surface area contributed by atoms with E-state index in [1.807, 2.05) is 0 Å². The van der Waals surface area contributed by atoms with E-state index in [0.29, 0.717) is 18.8 Å². The summed E-state index contributed by atoms with van der Waals surface area (Å²) < 4.78 is 53.0. The molecule has 1 atom stereocenters. The van der Waals surface area contributed by atoms with Gasteiger partial charge >= 0.3 is 6.18 Å². The highest BCUT2D eigenvalue weighted by Gasteiger charge is 2.38. The predicted molar refractivity (Wildman–Crippen MR) is 104 cm³/mol. The molecule has 0 spiro atoms. The van der Waals surface area contributed by atoms with Gasteiger partial charge in [-0.25, -0.2) is 4.98 Å². The average Bonchev–Trinajstić information content (AvgIpc) is 2.59. The summed E-state index contributed by atoms with van der Waals surface area (Å²) in [5, 5.41) is -0.0302. The molecule has 4 nitrogen and oxygen atoms in total. The molecule has 3 rings (SSSR count). The highest BCUT2D eigenvalue weighted by atomic mass is 19.4. The minimum atomic E-state index is -4.56. The van der Waals surface area contributed by atoms with E-state index in [0.717, 1.165) is 6.07 Å². The molecule has 0 bridgehead atoms. The zero-order valence-corrected chi connectivity index (χ0v) is 16.5. The van der Waals surface area contributed by atoms with Gasteiger partial charge in [0.25, 0.3) is 0 Å². The van der Waals surface area contributed by atoms with Crippen LogP contribution in [0.1, 0.15) is 33.3 Å². The molecule has 0 fully saturated rings. The summed E-state index contributed by atoms with van der Waals surface area (Å²) in [7, 11) is 0. The Morgan fingerprint density at radius 1 is 1.32 bits per heavy atom. The molecule has 1 aliphatic rings. The Kier molecular flexibility index (Phi) is 5.46. The van der Waals surface area contributed by atoms with Gasteiger partial charge in [-0.1, -0.05) is 19.9 Å². The average molecular weight is 394 g/mol. The Morgan fingerprint density at radius 3 is 2.61 bits per heavy atom. The maximum atomic E-state index is 13.9. The van der Waals surface area contributed by atoms with E-state index in [9.17, 15) is 13.2 Å². The van der Waals surface area contributed by atoms with E-state index < -0.39 is 11.7 Å². The van der Waals surface area contributed by atoms with Crippen molar-refractivity contribution in [2.45, 2.75) is 46.0 Å². The number of halogens is 3. The smallest absolute Gasteiger partial charge is 0.417 e. The number of anilines is 1. The van der Waals surface area contributed by atoms with Crippen molar-refractivity contribution in [1.29, 1.82) is 0 Å². The Balaban J connectivity index is 2.26. The van der Waals surface area contributed by atoms with Gasteiger partial charge in [-0.3, -0.25) is 0 Å². The molecular weight excluding hydrogens is 369 g/mol. The second-order valence-electron chi connectivity index (χ2n) is 7.54. The fourth-order valence-electron chi connectivity index (χ4n) is 3.52. The maximum Gasteiger partial charge on any atom is 0.417 e. The zero-order chi connectivity index (χ0) is 20.6. The lowest BCUT2D eigenvalue weighted by molar-refractivity contribution is -0.136. The first-order valence-electron chi connectivity index (χ1n) is 9.35. The fourth-order valence-corrected chi connectivity index (χ4v) is 3.52. The van der Waals surface area contributed by atoms with Gasteiger partial charge in [0.15, 0.2) is 5.75 Å². The topological polar surface area (TPSA) is 34.6 Å². The Hall–Kier alpha value is -2.44.